The molecule has 0 aromatic heterocycles. The number of carbonyl (C=O) groups excluding carboxylic acids is 2. The predicted octanol–water partition coefficient (Wildman–Crippen LogP) is 0.982. The fraction of sp³-hybridized carbons (Fsp3) is 0.200. The second-order valence-corrected chi connectivity index (χ2v) is 2.57. The molecule has 80 valence electrons. The molecule has 0 atom stereocenters. The smallest absolute Gasteiger partial charge is 0.413 e. The lowest BCUT2D eigenvalue weighted by Crippen LogP contribution is -2.17. The maximum absolute atomic E-state index is 11.5. The number of hydrogen-bond acceptors (Lipinski definition) is 5. The summed E-state index contributed by atoms with van der Waals surface area (Å²) in [5, 5.41) is 0. The van der Waals surface area contributed by atoms with Crippen molar-refractivity contribution in [1.29, 1.82) is 0 Å². The molecule has 0 aliphatic rings. The summed E-state index contributed by atoms with van der Waals surface area (Å²) in [6, 6.07) is 6.36. The van der Waals surface area contributed by atoms with Crippen LogP contribution in [0.5, 0.6) is 5.75 Å². The zero-order valence-electron chi connectivity index (χ0n) is 8.35. The van der Waals surface area contributed by atoms with E-state index in [4.69, 9.17) is 4.74 Å². The summed E-state index contributed by atoms with van der Waals surface area (Å²) in [6.45, 7) is 0. The molecule has 0 saturated carbocycles. The molecule has 0 saturated heterocycles. The minimum atomic E-state index is -1.08. The number of ether oxygens (including phenoxy) is 1. The average Bonchev–Trinajstić information content (AvgIpc) is 2.28. The minimum Gasteiger partial charge on any atom is -0.496 e. The van der Waals surface area contributed by atoms with E-state index in [9.17, 15) is 9.59 Å². The molecular formula is C10H10O5. The van der Waals surface area contributed by atoms with Gasteiger partial charge >= 0.3 is 5.97 Å². The molecule has 15 heavy (non-hydrogen) atoms. The SMILES string of the molecule is COOC(=O)C(=O)c1ccccc1OC. The summed E-state index contributed by atoms with van der Waals surface area (Å²) < 4.78 is 4.93. The van der Waals surface area contributed by atoms with Crippen LogP contribution in [0.1, 0.15) is 10.4 Å². The van der Waals surface area contributed by atoms with Crippen molar-refractivity contribution in [1.82, 2.24) is 0 Å². The average molecular weight is 210 g/mol. The Kier molecular flexibility index (Phi) is 3.82. The summed E-state index contributed by atoms with van der Waals surface area (Å²) in [5.41, 5.74) is 0.141. The van der Waals surface area contributed by atoms with Gasteiger partial charge in [-0.15, -0.1) is 0 Å². The highest BCUT2D eigenvalue weighted by Crippen LogP contribution is 2.18. The van der Waals surface area contributed by atoms with E-state index in [2.05, 4.69) is 9.78 Å². The number of ketones is 1. The quantitative estimate of drug-likeness (QED) is 0.321. The molecule has 5 nitrogen and oxygen atoms in total. The number of para-hydroxylation sites is 1. The predicted molar refractivity (Wildman–Crippen MR) is 50.4 cm³/mol. The maximum atomic E-state index is 11.5. The second-order valence-electron chi connectivity index (χ2n) is 2.57. The van der Waals surface area contributed by atoms with Crippen molar-refractivity contribution in [3.63, 3.8) is 0 Å². The Balaban J connectivity index is 2.95. The van der Waals surface area contributed by atoms with Crippen molar-refractivity contribution >= 4 is 11.8 Å². The van der Waals surface area contributed by atoms with E-state index < -0.39 is 11.8 Å². The summed E-state index contributed by atoms with van der Waals surface area (Å²) in [6.07, 6.45) is 0. The molecule has 0 spiro atoms. The van der Waals surface area contributed by atoms with E-state index in [-0.39, 0.29) is 5.56 Å². The highest BCUT2D eigenvalue weighted by atomic mass is 17.2. The summed E-state index contributed by atoms with van der Waals surface area (Å²) in [7, 11) is 2.56. The van der Waals surface area contributed by atoms with Gasteiger partial charge in [-0.05, 0) is 12.1 Å². The lowest BCUT2D eigenvalue weighted by Gasteiger charge is -2.05. The monoisotopic (exact) mass is 210 g/mol. The Morgan fingerprint density at radius 2 is 1.80 bits per heavy atom. The lowest BCUT2D eigenvalue weighted by molar-refractivity contribution is -0.248. The topological polar surface area (TPSA) is 61.8 Å². The fourth-order valence-electron chi connectivity index (χ4n) is 1.06. The molecule has 0 bridgehead atoms. The Hall–Kier alpha value is -1.88. The van der Waals surface area contributed by atoms with E-state index in [1.165, 1.54) is 13.2 Å². The molecule has 1 aromatic rings. The van der Waals surface area contributed by atoms with Crippen molar-refractivity contribution in [2.24, 2.45) is 0 Å². The molecule has 0 aliphatic heterocycles. The summed E-state index contributed by atoms with van der Waals surface area (Å²) >= 11 is 0. The molecule has 0 amide bonds. The maximum Gasteiger partial charge on any atom is 0.413 e. The first-order valence-electron chi connectivity index (χ1n) is 4.13. The number of benzene rings is 1. The van der Waals surface area contributed by atoms with Crippen molar-refractivity contribution in [2.75, 3.05) is 14.2 Å². The Bertz CT molecular complexity index is 372. The van der Waals surface area contributed by atoms with E-state index in [0.29, 0.717) is 5.75 Å². The zero-order chi connectivity index (χ0) is 11.3. The highest BCUT2D eigenvalue weighted by molar-refractivity contribution is 6.41. The van der Waals surface area contributed by atoms with Crippen LogP contribution < -0.4 is 4.74 Å². The summed E-state index contributed by atoms with van der Waals surface area (Å²) in [5.74, 6) is -1.58. The van der Waals surface area contributed by atoms with Gasteiger partial charge in [0, 0.05) is 0 Å². The van der Waals surface area contributed by atoms with Gasteiger partial charge in [0.2, 0.25) is 0 Å². The van der Waals surface area contributed by atoms with E-state index in [0.717, 1.165) is 7.11 Å². The number of hydrogen-bond donors (Lipinski definition) is 0. The van der Waals surface area contributed by atoms with Gasteiger partial charge in [0.15, 0.2) is 0 Å². The van der Waals surface area contributed by atoms with Gasteiger partial charge in [-0.2, -0.15) is 4.89 Å². The van der Waals surface area contributed by atoms with Crippen LogP contribution in [0.25, 0.3) is 0 Å². The molecule has 0 heterocycles. The highest BCUT2D eigenvalue weighted by Gasteiger charge is 2.21. The van der Waals surface area contributed by atoms with Crippen LogP contribution in [0, 0.1) is 0 Å². The fourth-order valence-corrected chi connectivity index (χ4v) is 1.06. The van der Waals surface area contributed by atoms with Crippen molar-refractivity contribution in [2.45, 2.75) is 0 Å². The van der Waals surface area contributed by atoms with Crippen LogP contribution >= 0.6 is 0 Å². The third-order valence-corrected chi connectivity index (χ3v) is 1.70. The number of methoxy groups -OCH3 is 1. The van der Waals surface area contributed by atoms with E-state index >= 15 is 0 Å². The molecule has 0 radical (unpaired) electrons. The molecule has 0 aliphatic carbocycles. The van der Waals surface area contributed by atoms with Gasteiger partial charge < -0.3 is 4.74 Å². The van der Waals surface area contributed by atoms with E-state index in [1.54, 1.807) is 18.2 Å². The van der Waals surface area contributed by atoms with Gasteiger partial charge in [0.05, 0.1) is 19.8 Å². The first kappa shape index (κ1) is 11.2. The first-order chi connectivity index (χ1) is 7.20. The van der Waals surface area contributed by atoms with Crippen LogP contribution in [0.4, 0.5) is 0 Å². The van der Waals surface area contributed by atoms with Crippen molar-refractivity contribution in [3.8, 4) is 5.75 Å². The Morgan fingerprint density at radius 1 is 1.13 bits per heavy atom. The molecule has 1 aromatic carbocycles. The third-order valence-electron chi connectivity index (χ3n) is 1.70. The first-order valence-corrected chi connectivity index (χ1v) is 4.13. The second kappa shape index (κ2) is 5.11. The molecule has 1 rings (SSSR count). The number of Topliss-reactive ketones (excluding diaryl/α,β-unsaturated/α-hetero) is 1. The van der Waals surface area contributed by atoms with Crippen LogP contribution in [0.3, 0.4) is 0 Å². The third kappa shape index (κ3) is 2.54. The van der Waals surface area contributed by atoms with Gasteiger partial charge in [-0.3, -0.25) is 9.68 Å². The Labute approximate surface area is 86.5 Å². The summed E-state index contributed by atoms with van der Waals surface area (Å²) in [4.78, 5) is 30.8. The van der Waals surface area contributed by atoms with Gasteiger partial charge in [0.25, 0.3) is 5.78 Å². The molecule has 0 fully saturated rings. The van der Waals surface area contributed by atoms with Gasteiger partial charge in [0.1, 0.15) is 5.75 Å². The Morgan fingerprint density at radius 3 is 2.40 bits per heavy atom. The standard InChI is InChI=1S/C10H10O5/c1-13-8-6-4-3-5-7(8)9(11)10(12)15-14-2/h3-6H,1-2H3. The van der Waals surface area contributed by atoms with Crippen LogP contribution in [0.2, 0.25) is 0 Å². The van der Waals surface area contributed by atoms with Crippen LogP contribution in [-0.4, -0.2) is 26.0 Å². The normalized spacial score (nSPS) is 9.47. The molecule has 5 heteroatoms. The van der Waals surface area contributed by atoms with Crippen molar-refractivity contribution in [3.05, 3.63) is 29.8 Å². The number of carbonyl (C=O) groups is 2. The molecular weight excluding hydrogens is 200 g/mol. The number of rotatable bonds is 4. The largest absolute Gasteiger partial charge is 0.496 e. The van der Waals surface area contributed by atoms with Gasteiger partial charge in [-0.25, -0.2) is 4.79 Å². The molecule has 0 N–H and O–H groups in total. The van der Waals surface area contributed by atoms with Crippen molar-refractivity contribution < 1.29 is 24.1 Å². The van der Waals surface area contributed by atoms with Crippen LogP contribution in [-0.2, 0) is 14.6 Å². The minimum absolute atomic E-state index is 0.141. The van der Waals surface area contributed by atoms with Crippen LogP contribution in [0.15, 0.2) is 24.3 Å². The van der Waals surface area contributed by atoms with Gasteiger partial charge in [-0.1, -0.05) is 12.1 Å². The zero-order valence-corrected chi connectivity index (χ0v) is 8.35. The van der Waals surface area contributed by atoms with E-state index in [1.807, 2.05) is 0 Å². The lowest BCUT2D eigenvalue weighted by atomic mass is 10.1. The molecule has 0 unspecified atom stereocenters.